The molecule has 1 aliphatic rings. The fourth-order valence-electron chi connectivity index (χ4n) is 2.57. The number of nitrogens with one attached hydrogen (secondary N) is 1. The van der Waals surface area contributed by atoms with Crippen LogP contribution in [0.3, 0.4) is 0 Å². The van der Waals surface area contributed by atoms with Gasteiger partial charge in [-0.25, -0.2) is 9.18 Å². The number of methoxy groups -OCH3 is 1. The number of aromatic carboxylic acids is 1. The summed E-state index contributed by atoms with van der Waals surface area (Å²) in [5, 5.41) is 12.4. The van der Waals surface area contributed by atoms with Crippen LogP contribution in [0.15, 0.2) is 12.1 Å². The van der Waals surface area contributed by atoms with Gasteiger partial charge in [0.1, 0.15) is 5.56 Å². The van der Waals surface area contributed by atoms with Crippen LogP contribution in [0.2, 0.25) is 0 Å². The smallest absolute Gasteiger partial charge is 0.339 e. The van der Waals surface area contributed by atoms with E-state index >= 15 is 0 Å². The molecule has 104 valence electrons. The van der Waals surface area contributed by atoms with Crippen LogP contribution in [0.4, 0.5) is 4.39 Å². The van der Waals surface area contributed by atoms with Crippen molar-refractivity contribution in [1.82, 2.24) is 5.32 Å². The molecule has 1 atom stereocenters. The first-order valence-electron chi connectivity index (χ1n) is 6.42. The summed E-state index contributed by atoms with van der Waals surface area (Å²) in [5.41, 5.74) is 0.602. The Bertz CT molecular complexity index is 470. The third-order valence-electron chi connectivity index (χ3n) is 3.46. The van der Waals surface area contributed by atoms with Gasteiger partial charge in [-0.3, -0.25) is 0 Å². The molecule has 0 spiro atoms. The van der Waals surface area contributed by atoms with E-state index < -0.39 is 11.8 Å². The molecule has 1 aliphatic heterocycles. The van der Waals surface area contributed by atoms with Gasteiger partial charge in [-0.05, 0) is 56.0 Å². The number of carboxylic acids is 1. The molecular weight excluding hydrogens is 249 g/mol. The lowest BCUT2D eigenvalue weighted by atomic mass is 9.91. The van der Waals surface area contributed by atoms with Crippen molar-refractivity contribution in [2.45, 2.75) is 19.3 Å². The normalized spacial score (nSPS) is 19.2. The van der Waals surface area contributed by atoms with Crippen LogP contribution in [-0.4, -0.2) is 31.3 Å². The average molecular weight is 267 g/mol. The van der Waals surface area contributed by atoms with Crippen molar-refractivity contribution in [3.05, 3.63) is 29.1 Å². The fourth-order valence-corrected chi connectivity index (χ4v) is 2.57. The van der Waals surface area contributed by atoms with E-state index in [1.807, 2.05) is 0 Å². The first kappa shape index (κ1) is 13.8. The summed E-state index contributed by atoms with van der Waals surface area (Å²) in [7, 11) is 1.27. The molecular formula is C14H18FNO3. The summed E-state index contributed by atoms with van der Waals surface area (Å²) in [6.07, 6.45) is 2.88. The highest BCUT2D eigenvalue weighted by molar-refractivity contribution is 5.91. The Morgan fingerprint density at radius 1 is 1.58 bits per heavy atom. The van der Waals surface area contributed by atoms with Crippen LogP contribution in [0, 0.1) is 11.7 Å². The Hall–Kier alpha value is -1.62. The zero-order chi connectivity index (χ0) is 13.8. The van der Waals surface area contributed by atoms with Gasteiger partial charge in [-0.1, -0.05) is 0 Å². The van der Waals surface area contributed by atoms with Crippen LogP contribution in [0.1, 0.15) is 28.8 Å². The fraction of sp³-hybridized carbons (Fsp3) is 0.500. The van der Waals surface area contributed by atoms with Gasteiger partial charge >= 0.3 is 5.97 Å². The van der Waals surface area contributed by atoms with E-state index in [0.29, 0.717) is 17.9 Å². The molecule has 1 saturated heterocycles. The van der Waals surface area contributed by atoms with Gasteiger partial charge in [-0.2, -0.15) is 0 Å². The second-order valence-electron chi connectivity index (χ2n) is 4.88. The molecule has 0 saturated carbocycles. The molecule has 0 amide bonds. The molecule has 2 N–H and O–H groups in total. The third-order valence-corrected chi connectivity index (χ3v) is 3.46. The minimum absolute atomic E-state index is 0.110. The van der Waals surface area contributed by atoms with Crippen molar-refractivity contribution in [1.29, 1.82) is 0 Å². The first-order chi connectivity index (χ1) is 9.11. The highest BCUT2D eigenvalue weighted by Crippen LogP contribution is 2.26. The van der Waals surface area contributed by atoms with E-state index in [1.165, 1.54) is 19.2 Å². The second-order valence-corrected chi connectivity index (χ2v) is 4.88. The number of benzene rings is 1. The number of hydrogen-bond donors (Lipinski definition) is 2. The minimum atomic E-state index is -1.17. The molecule has 1 aromatic carbocycles. The topological polar surface area (TPSA) is 58.6 Å². The molecule has 4 nitrogen and oxygen atoms in total. The molecule has 0 bridgehead atoms. The third kappa shape index (κ3) is 3.23. The number of halogens is 1. The lowest BCUT2D eigenvalue weighted by Gasteiger charge is -2.23. The summed E-state index contributed by atoms with van der Waals surface area (Å²) in [6, 6.07) is 2.89. The van der Waals surface area contributed by atoms with Gasteiger partial charge in [0, 0.05) is 0 Å². The molecule has 5 heteroatoms. The number of rotatable bonds is 4. The maximum atomic E-state index is 13.8. The molecule has 2 rings (SSSR count). The van der Waals surface area contributed by atoms with Crippen molar-refractivity contribution in [3.63, 3.8) is 0 Å². The lowest BCUT2D eigenvalue weighted by Crippen LogP contribution is -2.30. The number of hydrogen-bond acceptors (Lipinski definition) is 3. The van der Waals surface area contributed by atoms with Crippen molar-refractivity contribution in [2.24, 2.45) is 5.92 Å². The summed E-state index contributed by atoms with van der Waals surface area (Å²) in [6.45, 7) is 1.92. The molecule has 0 radical (unpaired) electrons. The maximum absolute atomic E-state index is 13.8. The van der Waals surface area contributed by atoms with Gasteiger partial charge in [0.25, 0.3) is 0 Å². The number of piperidine rings is 1. The Balaban J connectivity index is 2.23. The predicted octanol–water partition coefficient (Wildman–Crippen LogP) is 2.07. The summed E-state index contributed by atoms with van der Waals surface area (Å²) < 4.78 is 18.6. The van der Waals surface area contributed by atoms with Crippen LogP contribution in [0.25, 0.3) is 0 Å². The van der Waals surface area contributed by atoms with E-state index in [-0.39, 0.29) is 11.3 Å². The van der Waals surface area contributed by atoms with Crippen LogP contribution >= 0.6 is 0 Å². The van der Waals surface area contributed by atoms with Crippen molar-refractivity contribution in [3.8, 4) is 5.75 Å². The van der Waals surface area contributed by atoms with E-state index in [2.05, 4.69) is 5.32 Å². The van der Waals surface area contributed by atoms with E-state index in [0.717, 1.165) is 25.9 Å². The Morgan fingerprint density at radius 3 is 2.95 bits per heavy atom. The molecule has 1 unspecified atom stereocenters. The predicted molar refractivity (Wildman–Crippen MR) is 69.2 cm³/mol. The van der Waals surface area contributed by atoms with Gasteiger partial charge < -0.3 is 15.2 Å². The lowest BCUT2D eigenvalue weighted by molar-refractivity contribution is 0.0692. The second kappa shape index (κ2) is 6.02. The highest BCUT2D eigenvalue weighted by Gasteiger charge is 2.19. The quantitative estimate of drug-likeness (QED) is 0.877. The highest BCUT2D eigenvalue weighted by atomic mass is 19.1. The van der Waals surface area contributed by atoms with Gasteiger partial charge in [0.2, 0.25) is 0 Å². The molecule has 1 fully saturated rings. The summed E-state index contributed by atoms with van der Waals surface area (Å²) in [4.78, 5) is 11.1. The van der Waals surface area contributed by atoms with Crippen LogP contribution < -0.4 is 10.1 Å². The standard InChI is InChI=1S/C14H18FNO3/c1-19-13-11(14(17)18)6-10(7-12(13)15)5-9-3-2-4-16-8-9/h6-7,9,16H,2-5,8H2,1H3,(H,17,18). The van der Waals surface area contributed by atoms with Crippen molar-refractivity contribution in [2.75, 3.05) is 20.2 Å². The largest absolute Gasteiger partial charge is 0.493 e. The first-order valence-corrected chi connectivity index (χ1v) is 6.42. The van der Waals surface area contributed by atoms with E-state index in [4.69, 9.17) is 9.84 Å². The zero-order valence-corrected chi connectivity index (χ0v) is 10.9. The Morgan fingerprint density at radius 2 is 2.37 bits per heavy atom. The molecule has 1 heterocycles. The average Bonchev–Trinajstić information content (AvgIpc) is 2.39. The number of carboxylic acid groups (broad SMARTS) is 1. The molecule has 0 aromatic heterocycles. The van der Waals surface area contributed by atoms with Crippen molar-refractivity contribution >= 4 is 5.97 Å². The Kier molecular flexibility index (Phi) is 4.37. The molecule has 19 heavy (non-hydrogen) atoms. The Labute approximate surface area is 111 Å². The molecule has 1 aromatic rings. The summed E-state index contributed by atoms with van der Waals surface area (Å²) >= 11 is 0. The van der Waals surface area contributed by atoms with Crippen LogP contribution in [-0.2, 0) is 6.42 Å². The number of carbonyl (C=O) groups is 1. The maximum Gasteiger partial charge on any atom is 0.339 e. The number of ether oxygens (including phenoxy) is 1. The van der Waals surface area contributed by atoms with Gasteiger partial charge in [0.15, 0.2) is 11.6 Å². The zero-order valence-electron chi connectivity index (χ0n) is 10.9. The monoisotopic (exact) mass is 267 g/mol. The van der Waals surface area contributed by atoms with E-state index in [1.54, 1.807) is 0 Å². The summed E-state index contributed by atoms with van der Waals surface area (Å²) in [5.74, 6) is -1.54. The molecule has 0 aliphatic carbocycles. The van der Waals surface area contributed by atoms with Crippen LogP contribution in [0.5, 0.6) is 5.75 Å². The van der Waals surface area contributed by atoms with E-state index in [9.17, 15) is 9.18 Å². The SMILES string of the molecule is COc1c(F)cc(CC2CCCNC2)cc1C(=O)O. The van der Waals surface area contributed by atoms with Gasteiger partial charge in [-0.15, -0.1) is 0 Å². The van der Waals surface area contributed by atoms with Crippen molar-refractivity contribution < 1.29 is 19.0 Å². The van der Waals surface area contributed by atoms with Gasteiger partial charge in [0.05, 0.1) is 7.11 Å². The minimum Gasteiger partial charge on any atom is -0.493 e.